The highest BCUT2D eigenvalue weighted by Gasteiger charge is 2.33. The molecule has 0 aliphatic heterocycles. The van der Waals surface area contributed by atoms with Crippen LogP contribution in [0.3, 0.4) is 0 Å². The minimum Gasteiger partial charge on any atom is -0.481 e. The summed E-state index contributed by atoms with van der Waals surface area (Å²) in [7, 11) is 0. The molecular weight excluding hydrogens is 356 g/mol. The quantitative estimate of drug-likeness (QED) is 0.686. The van der Waals surface area contributed by atoms with Gasteiger partial charge in [0, 0.05) is 27.6 Å². The second-order valence-corrected chi connectivity index (χ2v) is 8.30. The van der Waals surface area contributed by atoms with Crippen molar-refractivity contribution in [3.05, 3.63) is 45.9 Å². The number of thiazole rings is 1. The van der Waals surface area contributed by atoms with Crippen molar-refractivity contribution in [2.45, 2.75) is 42.9 Å². The van der Waals surface area contributed by atoms with E-state index < -0.39 is 5.97 Å². The van der Waals surface area contributed by atoms with Crippen molar-refractivity contribution in [3.63, 3.8) is 0 Å². The number of hydrogen-bond donors (Lipinski definition) is 2. The lowest BCUT2D eigenvalue weighted by Gasteiger charge is -2.16. The Labute approximate surface area is 154 Å². The number of nitrogens with one attached hydrogen (secondary N) is 1. The summed E-state index contributed by atoms with van der Waals surface area (Å²) in [6.45, 7) is 1.99. The molecule has 132 valence electrons. The van der Waals surface area contributed by atoms with Gasteiger partial charge in [-0.25, -0.2) is 4.98 Å². The van der Waals surface area contributed by atoms with Gasteiger partial charge in [-0.15, -0.1) is 23.1 Å². The van der Waals surface area contributed by atoms with E-state index in [9.17, 15) is 9.59 Å². The molecule has 0 radical (unpaired) electrons. The van der Waals surface area contributed by atoms with Gasteiger partial charge in [-0.1, -0.05) is 0 Å². The van der Waals surface area contributed by atoms with Gasteiger partial charge in [0.2, 0.25) is 0 Å². The zero-order valence-electron chi connectivity index (χ0n) is 13.9. The standard InChI is InChI=1S/C18H20N2O3S2/c1-11-19-14(9-24-11)10-25-15-6-4-13(5-7-15)18(23)20-16(8-17(21)22)12-2-3-12/h4-7,9,12,16H,2-3,8,10H2,1H3,(H,20,23)(H,21,22). The fraction of sp³-hybridized carbons (Fsp3) is 0.389. The number of carboxylic acid groups (broad SMARTS) is 1. The van der Waals surface area contributed by atoms with E-state index in [0.717, 1.165) is 34.2 Å². The molecular formula is C18H20N2O3S2. The molecule has 1 aliphatic rings. The molecule has 0 bridgehead atoms. The molecule has 2 aromatic rings. The van der Waals surface area contributed by atoms with Gasteiger partial charge in [0.25, 0.3) is 5.91 Å². The normalized spacial score (nSPS) is 14.9. The van der Waals surface area contributed by atoms with Crippen molar-refractivity contribution in [1.82, 2.24) is 10.3 Å². The Hall–Kier alpha value is -1.86. The predicted molar refractivity (Wildman–Crippen MR) is 99.1 cm³/mol. The summed E-state index contributed by atoms with van der Waals surface area (Å²) in [6, 6.07) is 7.14. The van der Waals surface area contributed by atoms with E-state index >= 15 is 0 Å². The van der Waals surface area contributed by atoms with Crippen LogP contribution in [0.1, 0.15) is 40.3 Å². The maximum atomic E-state index is 12.3. The molecule has 1 unspecified atom stereocenters. The van der Waals surface area contributed by atoms with Gasteiger partial charge in [-0.2, -0.15) is 0 Å². The van der Waals surface area contributed by atoms with Gasteiger partial charge in [-0.05, 0) is 49.9 Å². The fourth-order valence-corrected chi connectivity index (χ4v) is 4.12. The number of aromatic nitrogens is 1. The smallest absolute Gasteiger partial charge is 0.305 e. The van der Waals surface area contributed by atoms with E-state index in [-0.39, 0.29) is 18.4 Å². The summed E-state index contributed by atoms with van der Waals surface area (Å²) < 4.78 is 0. The number of aryl methyl sites for hydroxylation is 1. The molecule has 1 fully saturated rings. The number of carboxylic acids is 1. The molecule has 1 amide bonds. The fourth-order valence-electron chi connectivity index (χ4n) is 2.61. The van der Waals surface area contributed by atoms with Crippen molar-refractivity contribution in [2.75, 3.05) is 0 Å². The second-order valence-electron chi connectivity index (χ2n) is 6.19. The number of nitrogens with zero attached hydrogens (tertiary/aromatic N) is 1. The number of aliphatic carboxylic acids is 1. The van der Waals surface area contributed by atoms with Gasteiger partial charge in [-0.3, -0.25) is 9.59 Å². The first-order chi connectivity index (χ1) is 12.0. The van der Waals surface area contributed by atoms with E-state index in [1.165, 1.54) is 0 Å². The molecule has 0 spiro atoms. The monoisotopic (exact) mass is 376 g/mol. The first kappa shape index (κ1) is 17.9. The molecule has 0 saturated heterocycles. The van der Waals surface area contributed by atoms with E-state index in [0.29, 0.717) is 11.5 Å². The van der Waals surface area contributed by atoms with Gasteiger partial charge in [0.15, 0.2) is 0 Å². The average Bonchev–Trinajstić information content (AvgIpc) is 3.35. The summed E-state index contributed by atoms with van der Waals surface area (Å²) in [5, 5.41) is 15.0. The van der Waals surface area contributed by atoms with Crippen LogP contribution in [-0.2, 0) is 10.5 Å². The number of amides is 1. The van der Waals surface area contributed by atoms with Gasteiger partial charge in [0.1, 0.15) is 0 Å². The van der Waals surface area contributed by atoms with Gasteiger partial charge in [0.05, 0.1) is 17.1 Å². The van der Waals surface area contributed by atoms with Crippen molar-refractivity contribution < 1.29 is 14.7 Å². The lowest BCUT2D eigenvalue weighted by atomic mass is 10.1. The highest BCUT2D eigenvalue weighted by molar-refractivity contribution is 7.98. The Morgan fingerprint density at radius 1 is 1.36 bits per heavy atom. The largest absolute Gasteiger partial charge is 0.481 e. The molecule has 2 N–H and O–H groups in total. The number of carbonyl (C=O) groups is 2. The van der Waals surface area contributed by atoms with E-state index in [1.807, 2.05) is 19.1 Å². The van der Waals surface area contributed by atoms with Gasteiger partial charge < -0.3 is 10.4 Å². The van der Waals surface area contributed by atoms with Gasteiger partial charge >= 0.3 is 5.97 Å². The highest BCUT2D eigenvalue weighted by atomic mass is 32.2. The van der Waals surface area contributed by atoms with Crippen LogP contribution in [0.15, 0.2) is 34.5 Å². The van der Waals surface area contributed by atoms with Crippen LogP contribution in [0.5, 0.6) is 0 Å². The highest BCUT2D eigenvalue weighted by Crippen LogP contribution is 2.34. The van der Waals surface area contributed by atoms with Crippen molar-refractivity contribution >= 4 is 35.0 Å². The van der Waals surface area contributed by atoms with E-state index in [2.05, 4.69) is 15.7 Å². The summed E-state index contributed by atoms with van der Waals surface area (Å²) >= 11 is 3.32. The minimum atomic E-state index is -0.874. The SMILES string of the molecule is Cc1nc(CSc2ccc(C(=O)NC(CC(=O)O)C3CC3)cc2)cs1. The lowest BCUT2D eigenvalue weighted by molar-refractivity contribution is -0.137. The molecule has 1 atom stereocenters. The van der Waals surface area contributed by atoms with Crippen molar-refractivity contribution in [1.29, 1.82) is 0 Å². The molecule has 3 rings (SSSR count). The van der Waals surface area contributed by atoms with Crippen LogP contribution in [0.4, 0.5) is 0 Å². The van der Waals surface area contributed by atoms with Crippen LogP contribution in [0.25, 0.3) is 0 Å². The molecule has 1 aliphatic carbocycles. The molecule has 1 aromatic heterocycles. The summed E-state index contributed by atoms with van der Waals surface area (Å²) in [5.74, 6) is 0.0284. The Bertz CT molecular complexity index is 754. The summed E-state index contributed by atoms with van der Waals surface area (Å²) in [5.41, 5.74) is 1.63. The first-order valence-corrected chi connectivity index (χ1v) is 10.0. The summed E-state index contributed by atoms with van der Waals surface area (Å²) in [4.78, 5) is 28.8. The Morgan fingerprint density at radius 3 is 2.64 bits per heavy atom. The lowest BCUT2D eigenvalue weighted by Crippen LogP contribution is -2.38. The predicted octanol–water partition coefficient (Wildman–Crippen LogP) is 3.73. The van der Waals surface area contributed by atoms with Crippen LogP contribution in [0.2, 0.25) is 0 Å². The van der Waals surface area contributed by atoms with Crippen LogP contribution in [0, 0.1) is 12.8 Å². The number of carbonyl (C=O) groups excluding carboxylic acids is 1. The third-order valence-electron chi connectivity index (χ3n) is 4.07. The third-order valence-corrected chi connectivity index (χ3v) is 5.94. The molecule has 1 heterocycles. The topological polar surface area (TPSA) is 79.3 Å². The van der Waals surface area contributed by atoms with E-state index in [4.69, 9.17) is 5.11 Å². The number of rotatable bonds is 8. The maximum Gasteiger partial charge on any atom is 0.305 e. The maximum absolute atomic E-state index is 12.3. The van der Waals surface area contributed by atoms with Crippen LogP contribution >= 0.6 is 23.1 Å². The Balaban J connectivity index is 1.55. The first-order valence-electron chi connectivity index (χ1n) is 8.18. The zero-order chi connectivity index (χ0) is 17.8. The molecule has 1 aromatic carbocycles. The molecule has 1 saturated carbocycles. The minimum absolute atomic E-state index is 0.0165. The second kappa shape index (κ2) is 8.01. The number of thioether (sulfide) groups is 1. The molecule has 5 nitrogen and oxygen atoms in total. The number of benzene rings is 1. The molecule has 25 heavy (non-hydrogen) atoms. The van der Waals surface area contributed by atoms with E-state index in [1.54, 1.807) is 35.2 Å². The Kier molecular flexibility index (Phi) is 5.75. The zero-order valence-corrected chi connectivity index (χ0v) is 15.5. The number of hydrogen-bond acceptors (Lipinski definition) is 5. The van der Waals surface area contributed by atoms with Crippen molar-refractivity contribution in [2.24, 2.45) is 5.92 Å². The van der Waals surface area contributed by atoms with Crippen LogP contribution < -0.4 is 5.32 Å². The average molecular weight is 377 g/mol. The summed E-state index contributed by atoms with van der Waals surface area (Å²) in [6.07, 6.45) is 1.96. The molecule has 7 heteroatoms. The van der Waals surface area contributed by atoms with Crippen LogP contribution in [-0.4, -0.2) is 28.0 Å². The Morgan fingerprint density at radius 2 is 2.08 bits per heavy atom. The third kappa shape index (κ3) is 5.31. The van der Waals surface area contributed by atoms with Crippen molar-refractivity contribution in [3.8, 4) is 0 Å².